The zero-order valence-electron chi connectivity index (χ0n) is 13.9. The van der Waals surface area contributed by atoms with Gasteiger partial charge in [-0.05, 0) is 37.1 Å². The number of carbonyl (C=O) groups excluding carboxylic acids is 1. The maximum Gasteiger partial charge on any atom is 0.260 e. The molecule has 0 aliphatic carbocycles. The Morgan fingerprint density at radius 1 is 1.20 bits per heavy atom. The maximum atomic E-state index is 13.6. The van der Waals surface area contributed by atoms with Gasteiger partial charge in [0.25, 0.3) is 5.91 Å². The average Bonchev–Trinajstić information content (AvgIpc) is 2.86. The highest BCUT2D eigenvalue weighted by atomic mass is 35.5. The number of anilines is 1. The van der Waals surface area contributed by atoms with Gasteiger partial charge in [0, 0.05) is 5.69 Å². The minimum absolute atomic E-state index is 0.256. The molecule has 0 saturated carbocycles. The topological polar surface area (TPSA) is 46.9 Å². The van der Waals surface area contributed by atoms with E-state index in [-0.39, 0.29) is 11.0 Å². The molecule has 1 N–H and O–H groups in total. The van der Waals surface area contributed by atoms with Crippen LogP contribution in [0.15, 0.2) is 48.5 Å². The summed E-state index contributed by atoms with van der Waals surface area (Å²) in [7, 11) is 0. The minimum Gasteiger partial charge on any atom is -0.322 e. The number of hydrogen-bond acceptors (Lipinski definition) is 2. The quantitative estimate of drug-likeness (QED) is 0.742. The highest BCUT2D eigenvalue weighted by Crippen LogP contribution is 2.23. The standard InChI is InChI=1S/C19H17ClFN3O/c1-12-8-9-15(10-16(12)21)22-19(25)17-13(2)23-24(18(17)20)11-14-6-4-3-5-7-14/h3-10H,11H2,1-2H3,(H,22,25). The summed E-state index contributed by atoms with van der Waals surface area (Å²) in [4.78, 5) is 12.5. The van der Waals surface area contributed by atoms with Crippen LogP contribution in [-0.4, -0.2) is 15.7 Å². The van der Waals surface area contributed by atoms with Gasteiger partial charge in [0.1, 0.15) is 11.0 Å². The third kappa shape index (κ3) is 3.72. The van der Waals surface area contributed by atoms with E-state index in [0.717, 1.165) is 5.56 Å². The van der Waals surface area contributed by atoms with Crippen molar-refractivity contribution in [2.75, 3.05) is 5.32 Å². The van der Waals surface area contributed by atoms with E-state index < -0.39 is 5.91 Å². The molecule has 3 aromatic rings. The monoisotopic (exact) mass is 357 g/mol. The van der Waals surface area contributed by atoms with E-state index in [4.69, 9.17) is 11.6 Å². The lowest BCUT2D eigenvalue weighted by atomic mass is 10.2. The van der Waals surface area contributed by atoms with E-state index in [1.54, 1.807) is 30.7 Å². The highest BCUT2D eigenvalue weighted by molar-refractivity contribution is 6.33. The van der Waals surface area contributed by atoms with Crippen LogP contribution < -0.4 is 5.32 Å². The Balaban J connectivity index is 1.84. The number of hydrogen-bond donors (Lipinski definition) is 1. The van der Waals surface area contributed by atoms with Crippen molar-refractivity contribution in [2.24, 2.45) is 0 Å². The molecule has 1 aromatic heterocycles. The van der Waals surface area contributed by atoms with Gasteiger partial charge in [-0.15, -0.1) is 0 Å². The van der Waals surface area contributed by atoms with Crippen molar-refractivity contribution in [3.63, 3.8) is 0 Å². The highest BCUT2D eigenvalue weighted by Gasteiger charge is 2.20. The Morgan fingerprint density at radius 2 is 1.92 bits per heavy atom. The molecule has 1 amide bonds. The van der Waals surface area contributed by atoms with Gasteiger partial charge in [0.2, 0.25) is 0 Å². The molecule has 6 heteroatoms. The van der Waals surface area contributed by atoms with E-state index in [2.05, 4.69) is 10.4 Å². The predicted octanol–water partition coefficient (Wildman–Crippen LogP) is 4.59. The fourth-order valence-corrected chi connectivity index (χ4v) is 2.86. The van der Waals surface area contributed by atoms with Gasteiger partial charge in [-0.1, -0.05) is 48.0 Å². The molecule has 3 rings (SSSR count). The largest absolute Gasteiger partial charge is 0.322 e. The number of amides is 1. The molecular weight excluding hydrogens is 341 g/mol. The molecular formula is C19H17ClFN3O. The van der Waals surface area contributed by atoms with E-state index in [0.29, 0.717) is 29.1 Å². The van der Waals surface area contributed by atoms with E-state index >= 15 is 0 Å². The average molecular weight is 358 g/mol. The second-order valence-electron chi connectivity index (χ2n) is 5.81. The molecule has 0 atom stereocenters. The van der Waals surface area contributed by atoms with Gasteiger partial charge >= 0.3 is 0 Å². The molecule has 1 heterocycles. The summed E-state index contributed by atoms with van der Waals surface area (Å²) in [5, 5.41) is 7.27. The second-order valence-corrected chi connectivity index (χ2v) is 6.17. The molecule has 0 fully saturated rings. The third-order valence-corrected chi connectivity index (χ3v) is 4.28. The summed E-state index contributed by atoms with van der Waals surface area (Å²) in [6.45, 7) is 3.85. The van der Waals surface area contributed by atoms with Crippen LogP contribution in [0.2, 0.25) is 5.15 Å². The zero-order chi connectivity index (χ0) is 18.0. The fourth-order valence-electron chi connectivity index (χ4n) is 2.54. The minimum atomic E-state index is -0.412. The van der Waals surface area contributed by atoms with Gasteiger partial charge in [-0.2, -0.15) is 5.10 Å². The Morgan fingerprint density at radius 3 is 2.60 bits per heavy atom. The van der Waals surface area contributed by atoms with Gasteiger partial charge in [-0.3, -0.25) is 4.79 Å². The second kappa shape index (κ2) is 7.07. The lowest BCUT2D eigenvalue weighted by Gasteiger charge is -2.07. The van der Waals surface area contributed by atoms with Crippen molar-refractivity contribution in [1.82, 2.24) is 9.78 Å². The number of rotatable bonds is 4. The summed E-state index contributed by atoms with van der Waals surface area (Å²) in [6, 6.07) is 14.2. The lowest BCUT2D eigenvalue weighted by Crippen LogP contribution is -2.13. The Bertz CT molecular complexity index is 922. The Hall–Kier alpha value is -2.66. The van der Waals surface area contributed by atoms with Crippen LogP contribution in [0.1, 0.15) is 27.2 Å². The summed E-state index contributed by atoms with van der Waals surface area (Å²) >= 11 is 6.36. The van der Waals surface area contributed by atoms with Crippen LogP contribution in [-0.2, 0) is 6.54 Å². The molecule has 0 aliphatic rings. The molecule has 0 bridgehead atoms. The predicted molar refractivity (Wildman–Crippen MR) is 96.6 cm³/mol. The van der Waals surface area contributed by atoms with Gasteiger partial charge in [-0.25, -0.2) is 9.07 Å². The summed E-state index contributed by atoms with van der Waals surface area (Å²) in [5.41, 5.74) is 2.73. The number of aromatic nitrogens is 2. The van der Waals surface area contributed by atoms with Crippen LogP contribution in [0.3, 0.4) is 0 Å². The summed E-state index contributed by atoms with van der Waals surface area (Å²) in [5.74, 6) is -0.787. The van der Waals surface area contributed by atoms with Crippen LogP contribution in [0.4, 0.5) is 10.1 Å². The van der Waals surface area contributed by atoms with Crippen molar-refractivity contribution >= 4 is 23.2 Å². The molecule has 4 nitrogen and oxygen atoms in total. The fraction of sp³-hybridized carbons (Fsp3) is 0.158. The molecule has 0 saturated heterocycles. The SMILES string of the molecule is Cc1ccc(NC(=O)c2c(C)nn(Cc3ccccc3)c2Cl)cc1F. The number of halogens is 2. The first-order valence-corrected chi connectivity index (χ1v) is 8.18. The molecule has 2 aromatic carbocycles. The van der Waals surface area contributed by atoms with Gasteiger partial charge < -0.3 is 5.32 Å². The number of benzene rings is 2. The number of nitrogens with one attached hydrogen (secondary N) is 1. The van der Waals surface area contributed by atoms with Gasteiger partial charge in [0.15, 0.2) is 0 Å². The summed E-state index contributed by atoms with van der Waals surface area (Å²) < 4.78 is 15.2. The van der Waals surface area contributed by atoms with Crippen molar-refractivity contribution in [2.45, 2.75) is 20.4 Å². The molecule has 0 radical (unpaired) electrons. The lowest BCUT2D eigenvalue weighted by molar-refractivity contribution is 0.102. The van der Waals surface area contributed by atoms with Crippen LogP contribution in [0.5, 0.6) is 0 Å². The molecule has 0 unspecified atom stereocenters. The zero-order valence-corrected chi connectivity index (χ0v) is 14.6. The number of carbonyl (C=O) groups is 1. The molecule has 128 valence electrons. The van der Waals surface area contributed by atoms with Crippen molar-refractivity contribution < 1.29 is 9.18 Å². The van der Waals surface area contributed by atoms with Crippen LogP contribution in [0.25, 0.3) is 0 Å². The van der Waals surface area contributed by atoms with Gasteiger partial charge in [0.05, 0.1) is 17.8 Å². The normalized spacial score (nSPS) is 10.7. The molecule has 25 heavy (non-hydrogen) atoms. The number of nitrogens with zero attached hydrogens (tertiary/aromatic N) is 2. The molecule has 0 aliphatic heterocycles. The maximum absolute atomic E-state index is 13.6. The Kier molecular flexibility index (Phi) is 4.86. The third-order valence-electron chi connectivity index (χ3n) is 3.90. The number of aryl methyl sites for hydroxylation is 2. The van der Waals surface area contributed by atoms with Crippen LogP contribution in [0, 0.1) is 19.7 Å². The molecule has 0 spiro atoms. The van der Waals surface area contributed by atoms with Crippen molar-refractivity contribution in [1.29, 1.82) is 0 Å². The van der Waals surface area contributed by atoms with E-state index in [1.165, 1.54) is 6.07 Å². The van der Waals surface area contributed by atoms with E-state index in [9.17, 15) is 9.18 Å². The first kappa shape index (κ1) is 17.2. The summed E-state index contributed by atoms with van der Waals surface area (Å²) in [6.07, 6.45) is 0. The van der Waals surface area contributed by atoms with E-state index in [1.807, 2.05) is 30.3 Å². The first-order valence-electron chi connectivity index (χ1n) is 7.80. The van der Waals surface area contributed by atoms with Crippen molar-refractivity contribution in [3.05, 3.63) is 81.9 Å². The van der Waals surface area contributed by atoms with Crippen molar-refractivity contribution in [3.8, 4) is 0 Å². The smallest absolute Gasteiger partial charge is 0.260 e. The first-order chi connectivity index (χ1) is 12.0. The van der Waals surface area contributed by atoms with Crippen LogP contribution >= 0.6 is 11.6 Å². The Labute approximate surface area is 150 Å².